The van der Waals surface area contributed by atoms with Crippen molar-refractivity contribution in [2.45, 2.75) is 31.9 Å². The first-order valence-electron chi connectivity index (χ1n) is 12.0. The summed E-state index contributed by atoms with van der Waals surface area (Å²) in [6.07, 6.45) is 5.37. The number of rotatable bonds is 5. The number of thiazole rings is 1. The number of hydrogen-bond acceptors (Lipinski definition) is 8. The number of carboxylic acids is 1. The molecular weight excluding hydrogens is 547 g/mol. The monoisotopic (exact) mass is 568 g/mol. The summed E-state index contributed by atoms with van der Waals surface area (Å²) in [4.78, 5) is 19.5. The molecule has 4 heterocycles. The van der Waals surface area contributed by atoms with Crippen molar-refractivity contribution in [3.63, 3.8) is 0 Å². The van der Waals surface area contributed by atoms with Gasteiger partial charge in [0, 0.05) is 42.1 Å². The van der Waals surface area contributed by atoms with Crippen LogP contribution in [0.15, 0.2) is 48.7 Å². The molecular formula is C26H22Cl2N6O3S. The number of benzene rings is 2. The Morgan fingerprint density at radius 2 is 2.00 bits per heavy atom. The molecule has 0 unspecified atom stereocenters. The molecule has 1 spiro atoms. The third kappa shape index (κ3) is 4.63. The Hall–Kier alpha value is -3.47. The minimum absolute atomic E-state index is 0.343. The van der Waals surface area contributed by atoms with E-state index in [0.717, 1.165) is 68.7 Å². The minimum Gasteiger partial charge on any atom is -0.482 e. The van der Waals surface area contributed by atoms with Crippen LogP contribution in [-0.2, 0) is 11.3 Å². The Labute approximate surface area is 232 Å². The zero-order valence-electron chi connectivity index (χ0n) is 20.3. The highest BCUT2D eigenvalue weighted by Gasteiger charge is 2.40. The zero-order valence-corrected chi connectivity index (χ0v) is 22.6. The van der Waals surface area contributed by atoms with Gasteiger partial charge in [0.25, 0.3) is 0 Å². The smallest absolute Gasteiger partial charge is 0.327 e. The molecule has 9 nitrogen and oxygen atoms in total. The van der Waals surface area contributed by atoms with E-state index in [-0.39, 0.29) is 6.54 Å². The van der Waals surface area contributed by atoms with Crippen molar-refractivity contribution < 1.29 is 14.6 Å². The normalized spacial score (nSPS) is 16.2. The predicted molar refractivity (Wildman–Crippen MR) is 146 cm³/mol. The Kier molecular flexibility index (Phi) is 6.33. The summed E-state index contributed by atoms with van der Waals surface area (Å²) in [6.45, 7) is 3.13. The Morgan fingerprint density at radius 1 is 1.18 bits per heavy atom. The zero-order chi connectivity index (χ0) is 26.4. The number of aliphatic carboxylic acids is 1. The molecule has 6 rings (SSSR count). The van der Waals surface area contributed by atoms with Gasteiger partial charge in [0.2, 0.25) is 5.82 Å². The number of halogens is 2. The third-order valence-electron chi connectivity index (χ3n) is 6.70. The molecule has 0 atom stereocenters. The molecule has 0 saturated carbocycles. The molecule has 2 aliphatic heterocycles. The van der Waals surface area contributed by atoms with E-state index in [4.69, 9.17) is 33.0 Å². The first-order chi connectivity index (χ1) is 18.3. The molecule has 2 aliphatic rings. The summed E-state index contributed by atoms with van der Waals surface area (Å²) in [5, 5.41) is 23.0. The summed E-state index contributed by atoms with van der Waals surface area (Å²) in [5.41, 5.74) is 3.38. The molecule has 2 aromatic carbocycles. The Morgan fingerprint density at radius 3 is 2.76 bits per heavy atom. The first-order valence-corrected chi connectivity index (χ1v) is 13.6. The number of aromatic nitrogens is 5. The highest BCUT2D eigenvalue weighted by molar-refractivity contribution is 7.18. The Bertz CT molecular complexity index is 1570. The second-order valence-electron chi connectivity index (χ2n) is 9.35. The van der Waals surface area contributed by atoms with Crippen LogP contribution in [0.25, 0.3) is 16.3 Å². The van der Waals surface area contributed by atoms with Gasteiger partial charge in [-0.3, -0.25) is 4.79 Å². The number of tetrazole rings is 1. The van der Waals surface area contributed by atoms with Crippen LogP contribution in [-0.4, -0.2) is 55.0 Å². The lowest BCUT2D eigenvalue weighted by Gasteiger charge is -2.43. The molecule has 0 amide bonds. The van der Waals surface area contributed by atoms with Crippen molar-refractivity contribution in [2.24, 2.45) is 0 Å². The molecule has 2 aromatic heterocycles. The van der Waals surface area contributed by atoms with Gasteiger partial charge >= 0.3 is 5.97 Å². The SMILES string of the molecule is Cc1ccc(C2=CC3(CCN(c4ncc(-c5nnn(CC(=O)O)n5)s4)CC3)Oc3cccc(Cl)c32)c(Cl)c1. The van der Waals surface area contributed by atoms with Gasteiger partial charge in [-0.15, -0.1) is 10.2 Å². The molecule has 194 valence electrons. The van der Waals surface area contributed by atoms with Gasteiger partial charge in [-0.1, -0.05) is 52.7 Å². The fraction of sp³-hybridized carbons (Fsp3) is 0.269. The highest BCUT2D eigenvalue weighted by Crippen LogP contribution is 2.47. The molecule has 12 heteroatoms. The highest BCUT2D eigenvalue weighted by atomic mass is 35.5. The summed E-state index contributed by atoms with van der Waals surface area (Å²) in [5.74, 6) is 0.0835. The van der Waals surface area contributed by atoms with Gasteiger partial charge < -0.3 is 14.7 Å². The molecule has 4 aromatic rings. The van der Waals surface area contributed by atoms with E-state index >= 15 is 0 Å². The minimum atomic E-state index is -1.03. The Balaban J connectivity index is 1.26. The van der Waals surface area contributed by atoms with Gasteiger partial charge in [-0.25, -0.2) is 4.98 Å². The number of hydrogen-bond donors (Lipinski definition) is 1. The van der Waals surface area contributed by atoms with Gasteiger partial charge in [0.05, 0.1) is 16.1 Å². The molecule has 38 heavy (non-hydrogen) atoms. The summed E-state index contributed by atoms with van der Waals surface area (Å²) >= 11 is 14.8. The maximum Gasteiger partial charge on any atom is 0.327 e. The number of nitrogens with zero attached hydrogens (tertiary/aromatic N) is 6. The average Bonchev–Trinajstić information content (AvgIpc) is 3.54. The number of piperidine rings is 1. The van der Waals surface area contributed by atoms with Crippen LogP contribution >= 0.6 is 34.5 Å². The third-order valence-corrected chi connectivity index (χ3v) is 8.39. The van der Waals surface area contributed by atoms with Crippen molar-refractivity contribution in [3.8, 4) is 16.5 Å². The van der Waals surface area contributed by atoms with E-state index < -0.39 is 11.6 Å². The molecule has 0 aliphatic carbocycles. The lowest BCUT2D eigenvalue weighted by molar-refractivity contribution is -0.138. The van der Waals surface area contributed by atoms with E-state index in [1.807, 2.05) is 37.3 Å². The van der Waals surface area contributed by atoms with Crippen molar-refractivity contribution in [2.75, 3.05) is 18.0 Å². The van der Waals surface area contributed by atoms with E-state index in [1.54, 1.807) is 6.20 Å². The van der Waals surface area contributed by atoms with Gasteiger partial charge in [-0.2, -0.15) is 4.80 Å². The average molecular weight is 569 g/mol. The summed E-state index contributed by atoms with van der Waals surface area (Å²) in [7, 11) is 0. The quantitative estimate of drug-likeness (QED) is 0.343. The van der Waals surface area contributed by atoms with Crippen LogP contribution < -0.4 is 9.64 Å². The number of ether oxygens (including phenoxy) is 1. The van der Waals surface area contributed by atoms with E-state index in [2.05, 4.69) is 37.4 Å². The summed E-state index contributed by atoms with van der Waals surface area (Å²) < 4.78 is 6.62. The van der Waals surface area contributed by atoms with Crippen LogP contribution in [0, 0.1) is 6.92 Å². The lowest BCUT2D eigenvalue weighted by atomic mass is 9.83. The maximum absolute atomic E-state index is 10.9. The van der Waals surface area contributed by atoms with Crippen LogP contribution in [0.2, 0.25) is 10.0 Å². The lowest BCUT2D eigenvalue weighted by Crippen LogP contribution is -2.48. The van der Waals surface area contributed by atoms with Crippen LogP contribution in [0.3, 0.4) is 0 Å². The van der Waals surface area contributed by atoms with Gasteiger partial charge in [0.15, 0.2) is 11.7 Å². The van der Waals surface area contributed by atoms with Crippen LogP contribution in [0.4, 0.5) is 5.13 Å². The second-order valence-corrected chi connectivity index (χ2v) is 11.2. The first kappa shape index (κ1) is 24.8. The number of carbonyl (C=O) groups is 1. The molecule has 1 N–H and O–H groups in total. The predicted octanol–water partition coefficient (Wildman–Crippen LogP) is 5.36. The van der Waals surface area contributed by atoms with Gasteiger partial charge in [0.1, 0.15) is 11.4 Å². The maximum atomic E-state index is 10.9. The second kappa shape index (κ2) is 9.68. The van der Waals surface area contributed by atoms with E-state index in [0.29, 0.717) is 15.9 Å². The standard InChI is InChI=1S/C26H22Cl2N6O3S/c1-15-5-6-16(19(28)11-15)17-12-26(37-20-4-2-3-18(27)23(17)20)7-9-33(10-8-26)25-29-13-21(38-25)24-30-32-34(31-24)14-22(35)36/h2-6,11-13H,7-10,14H2,1H3,(H,35,36). The van der Waals surface area contributed by atoms with Crippen molar-refractivity contribution >= 4 is 51.2 Å². The molecule has 1 fully saturated rings. The van der Waals surface area contributed by atoms with Gasteiger partial charge in [-0.05, 0) is 47.5 Å². The number of carboxylic acid groups (broad SMARTS) is 1. The van der Waals surface area contributed by atoms with Crippen LogP contribution in [0.1, 0.15) is 29.5 Å². The molecule has 0 radical (unpaired) electrons. The van der Waals surface area contributed by atoms with Crippen LogP contribution in [0.5, 0.6) is 5.75 Å². The largest absolute Gasteiger partial charge is 0.482 e. The number of fused-ring (bicyclic) bond motifs is 1. The fourth-order valence-electron chi connectivity index (χ4n) is 4.85. The molecule has 1 saturated heterocycles. The van der Waals surface area contributed by atoms with E-state index in [1.165, 1.54) is 11.3 Å². The van der Waals surface area contributed by atoms with Crippen molar-refractivity contribution in [1.29, 1.82) is 0 Å². The fourth-order valence-corrected chi connectivity index (χ4v) is 6.35. The van der Waals surface area contributed by atoms with E-state index in [9.17, 15) is 4.79 Å². The number of anilines is 1. The topological polar surface area (TPSA) is 106 Å². The van der Waals surface area contributed by atoms with Crippen molar-refractivity contribution in [1.82, 2.24) is 25.2 Å². The summed E-state index contributed by atoms with van der Waals surface area (Å²) in [6, 6.07) is 11.8. The molecule has 0 bridgehead atoms. The van der Waals surface area contributed by atoms with Crippen molar-refractivity contribution in [3.05, 3.63) is 75.4 Å². The number of aryl methyl sites for hydroxylation is 1.